The lowest BCUT2D eigenvalue weighted by Gasteiger charge is -2.09. The fraction of sp³-hybridized carbons (Fsp3) is 0.462. The largest absolute Gasteiger partial charge is 0.488 e. The summed E-state index contributed by atoms with van der Waals surface area (Å²) in [4.78, 5) is 0. The van der Waals surface area contributed by atoms with Gasteiger partial charge in [-0.05, 0) is 24.1 Å². The Morgan fingerprint density at radius 3 is 2.71 bits per heavy atom. The first-order valence-corrected chi connectivity index (χ1v) is 5.53. The Labute approximate surface area is 101 Å². The average molecular weight is 237 g/mol. The summed E-state index contributed by atoms with van der Waals surface area (Å²) in [5.74, 6) is 0.103. The Hall–Kier alpha value is -1.60. The van der Waals surface area contributed by atoms with E-state index < -0.39 is 5.82 Å². The van der Waals surface area contributed by atoms with Crippen LogP contribution in [0.3, 0.4) is 0 Å². The van der Waals surface area contributed by atoms with Crippen LogP contribution in [0.2, 0.25) is 0 Å². The van der Waals surface area contributed by atoms with Crippen LogP contribution in [0.15, 0.2) is 18.2 Å². The lowest BCUT2D eigenvalue weighted by Crippen LogP contribution is -2.10. The monoisotopic (exact) mass is 237 g/mol. The van der Waals surface area contributed by atoms with Crippen molar-refractivity contribution in [2.45, 2.75) is 13.8 Å². The highest BCUT2D eigenvalue weighted by Gasteiger charge is 2.04. The van der Waals surface area contributed by atoms with Crippen LogP contribution in [-0.2, 0) is 4.74 Å². The molecule has 0 fully saturated rings. The van der Waals surface area contributed by atoms with E-state index in [-0.39, 0.29) is 11.3 Å². The molecule has 3 nitrogen and oxygen atoms in total. The van der Waals surface area contributed by atoms with E-state index in [0.29, 0.717) is 25.7 Å². The average Bonchev–Trinajstić information content (AvgIpc) is 2.30. The van der Waals surface area contributed by atoms with E-state index in [1.54, 1.807) is 0 Å². The third-order valence-electron chi connectivity index (χ3n) is 2.00. The summed E-state index contributed by atoms with van der Waals surface area (Å²) < 4.78 is 23.9. The fourth-order valence-electron chi connectivity index (χ4n) is 1.22. The van der Waals surface area contributed by atoms with Gasteiger partial charge in [-0.3, -0.25) is 0 Å². The molecule has 0 aromatic heterocycles. The van der Waals surface area contributed by atoms with Gasteiger partial charge in [-0.15, -0.1) is 0 Å². The standard InChI is InChI=1S/C13H16FNO2/c1-10(2)9-16-5-6-17-13-4-3-11(8-15)7-12(13)14/h3-4,7,10H,5-6,9H2,1-2H3. The molecule has 0 atom stereocenters. The summed E-state index contributed by atoms with van der Waals surface area (Å²) in [6.45, 7) is 5.51. The molecule has 92 valence electrons. The molecular weight excluding hydrogens is 221 g/mol. The summed E-state index contributed by atoms with van der Waals surface area (Å²) in [7, 11) is 0. The second kappa shape index (κ2) is 6.87. The van der Waals surface area contributed by atoms with Crippen molar-refractivity contribution in [3.8, 4) is 11.8 Å². The van der Waals surface area contributed by atoms with E-state index in [1.807, 2.05) is 6.07 Å². The van der Waals surface area contributed by atoms with Crippen LogP contribution in [0.25, 0.3) is 0 Å². The minimum absolute atomic E-state index is 0.150. The zero-order chi connectivity index (χ0) is 12.7. The molecule has 0 saturated carbocycles. The number of nitrogens with zero attached hydrogens (tertiary/aromatic N) is 1. The molecule has 17 heavy (non-hydrogen) atoms. The SMILES string of the molecule is CC(C)COCCOc1ccc(C#N)cc1F. The van der Waals surface area contributed by atoms with Gasteiger partial charge in [-0.25, -0.2) is 4.39 Å². The van der Waals surface area contributed by atoms with Crippen LogP contribution < -0.4 is 4.74 Å². The Morgan fingerprint density at radius 1 is 1.35 bits per heavy atom. The summed E-state index contributed by atoms with van der Waals surface area (Å²) in [6, 6.07) is 6.00. The molecule has 0 amide bonds. The van der Waals surface area contributed by atoms with Crippen molar-refractivity contribution < 1.29 is 13.9 Å². The number of benzene rings is 1. The van der Waals surface area contributed by atoms with Crippen molar-refractivity contribution in [1.29, 1.82) is 5.26 Å². The van der Waals surface area contributed by atoms with Crippen molar-refractivity contribution in [2.24, 2.45) is 5.92 Å². The lowest BCUT2D eigenvalue weighted by molar-refractivity contribution is 0.0808. The van der Waals surface area contributed by atoms with E-state index in [4.69, 9.17) is 14.7 Å². The van der Waals surface area contributed by atoms with Gasteiger partial charge in [0.2, 0.25) is 0 Å². The van der Waals surface area contributed by atoms with E-state index in [0.717, 1.165) is 6.07 Å². The topological polar surface area (TPSA) is 42.2 Å². The minimum Gasteiger partial charge on any atom is -0.488 e. The Balaban J connectivity index is 2.35. The summed E-state index contributed by atoms with van der Waals surface area (Å²) >= 11 is 0. The third-order valence-corrected chi connectivity index (χ3v) is 2.00. The van der Waals surface area contributed by atoms with Gasteiger partial charge < -0.3 is 9.47 Å². The lowest BCUT2D eigenvalue weighted by atomic mass is 10.2. The molecule has 0 saturated heterocycles. The van der Waals surface area contributed by atoms with Crippen molar-refractivity contribution in [3.63, 3.8) is 0 Å². The fourth-order valence-corrected chi connectivity index (χ4v) is 1.22. The highest BCUT2D eigenvalue weighted by atomic mass is 19.1. The maximum Gasteiger partial charge on any atom is 0.166 e. The first-order valence-electron chi connectivity index (χ1n) is 5.53. The third kappa shape index (κ3) is 4.83. The van der Waals surface area contributed by atoms with E-state index in [1.165, 1.54) is 12.1 Å². The van der Waals surface area contributed by atoms with Crippen LogP contribution in [0.1, 0.15) is 19.4 Å². The molecule has 0 bridgehead atoms. The normalized spacial score (nSPS) is 10.3. The van der Waals surface area contributed by atoms with Crippen molar-refractivity contribution in [3.05, 3.63) is 29.6 Å². The minimum atomic E-state index is -0.520. The highest BCUT2D eigenvalue weighted by Crippen LogP contribution is 2.17. The van der Waals surface area contributed by atoms with Crippen LogP contribution >= 0.6 is 0 Å². The van der Waals surface area contributed by atoms with Gasteiger partial charge in [-0.1, -0.05) is 13.8 Å². The van der Waals surface area contributed by atoms with Gasteiger partial charge in [0.15, 0.2) is 11.6 Å². The number of nitriles is 1. The zero-order valence-electron chi connectivity index (χ0n) is 10.1. The smallest absolute Gasteiger partial charge is 0.166 e. The zero-order valence-corrected chi connectivity index (χ0v) is 10.1. The predicted octanol–water partition coefficient (Wildman–Crippen LogP) is 2.75. The van der Waals surface area contributed by atoms with Gasteiger partial charge >= 0.3 is 0 Å². The van der Waals surface area contributed by atoms with Gasteiger partial charge in [0.25, 0.3) is 0 Å². The first-order chi connectivity index (χ1) is 8.13. The summed E-state index contributed by atoms with van der Waals surface area (Å²) in [6.07, 6.45) is 0. The quantitative estimate of drug-likeness (QED) is 0.714. The van der Waals surface area contributed by atoms with Gasteiger partial charge in [0.05, 0.1) is 18.2 Å². The van der Waals surface area contributed by atoms with E-state index in [2.05, 4.69) is 13.8 Å². The number of hydrogen-bond acceptors (Lipinski definition) is 3. The second-order valence-corrected chi connectivity index (χ2v) is 4.07. The maximum absolute atomic E-state index is 13.4. The molecular formula is C13H16FNO2. The van der Waals surface area contributed by atoms with E-state index >= 15 is 0 Å². The number of hydrogen-bond donors (Lipinski definition) is 0. The van der Waals surface area contributed by atoms with Crippen LogP contribution in [0.5, 0.6) is 5.75 Å². The van der Waals surface area contributed by atoms with Crippen LogP contribution in [0, 0.1) is 23.1 Å². The molecule has 0 unspecified atom stereocenters. The van der Waals surface area contributed by atoms with Crippen LogP contribution in [-0.4, -0.2) is 19.8 Å². The molecule has 0 N–H and O–H groups in total. The van der Waals surface area contributed by atoms with Crippen molar-refractivity contribution >= 4 is 0 Å². The Morgan fingerprint density at radius 2 is 2.12 bits per heavy atom. The Kier molecular flexibility index (Phi) is 5.44. The molecule has 1 aromatic carbocycles. The van der Waals surface area contributed by atoms with Crippen molar-refractivity contribution in [2.75, 3.05) is 19.8 Å². The first kappa shape index (κ1) is 13.5. The molecule has 1 rings (SSSR count). The van der Waals surface area contributed by atoms with E-state index in [9.17, 15) is 4.39 Å². The molecule has 1 aromatic rings. The number of ether oxygens (including phenoxy) is 2. The molecule has 0 spiro atoms. The molecule has 0 aliphatic heterocycles. The van der Waals surface area contributed by atoms with Crippen LogP contribution in [0.4, 0.5) is 4.39 Å². The Bertz CT molecular complexity index is 399. The maximum atomic E-state index is 13.4. The predicted molar refractivity (Wildman–Crippen MR) is 62.3 cm³/mol. The molecule has 4 heteroatoms. The highest BCUT2D eigenvalue weighted by molar-refractivity contribution is 5.35. The van der Waals surface area contributed by atoms with Gasteiger partial charge in [0, 0.05) is 6.61 Å². The summed E-state index contributed by atoms with van der Waals surface area (Å²) in [5.41, 5.74) is 0.283. The molecule has 0 aliphatic carbocycles. The molecule has 0 heterocycles. The molecule has 0 radical (unpaired) electrons. The number of halogens is 1. The van der Waals surface area contributed by atoms with Gasteiger partial charge in [-0.2, -0.15) is 5.26 Å². The van der Waals surface area contributed by atoms with Crippen molar-refractivity contribution in [1.82, 2.24) is 0 Å². The summed E-state index contributed by atoms with van der Waals surface area (Å²) in [5, 5.41) is 8.57. The van der Waals surface area contributed by atoms with Gasteiger partial charge in [0.1, 0.15) is 6.61 Å². The number of rotatable bonds is 6. The molecule has 0 aliphatic rings. The second-order valence-electron chi connectivity index (χ2n) is 4.07.